The highest BCUT2D eigenvalue weighted by atomic mass is 35.5. The van der Waals surface area contributed by atoms with E-state index in [2.05, 4.69) is 0 Å². The Morgan fingerprint density at radius 1 is 0.914 bits per heavy atom. The zero-order valence-corrected chi connectivity index (χ0v) is 20.4. The topological polar surface area (TPSA) is 96.3 Å². The summed E-state index contributed by atoms with van der Waals surface area (Å²) in [5.41, 5.74) is 3.08. The molecule has 1 heterocycles. The molecule has 2 N–H and O–H groups in total. The van der Waals surface area contributed by atoms with Gasteiger partial charge in [-0.3, -0.25) is 14.5 Å². The molecular formula is C27H24ClNO6. The third kappa shape index (κ3) is 4.19. The molecular weight excluding hydrogens is 470 g/mol. The summed E-state index contributed by atoms with van der Waals surface area (Å²) in [6.07, 6.45) is 0. The predicted octanol–water partition coefficient (Wildman–Crippen LogP) is 5.31. The molecule has 1 atom stereocenters. The summed E-state index contributed by atoms with van der Waals surface area (Å²) in [5.74, 6) is -1.34. The maximum absolute atomic E-state index is 13.3. The molecule has 1 aliphatic heterocycles. The lowest BCUT2D eigenvalue weighted by atomic mass is 9.94. The van der Waals surface area contributed by atoms with E-state index in [4.69, 9.17) is 21.1 Å². The molecule has 3 aromatic carbocycles. The molecule has 0 spiro atoms. The number of halogens is 1. The first-order chi connectivity index (χ1) is 16.7. The molecule has 35 heavy (non-hydrogen) atoms. The first kappa shape index (κ1) is 24.2. The van der Waals surface area contributed by atoms with Crippen LogP contribution in [-0.2, 0) is 9.59 Å². The lowest BCUT2D eigenvalue weighted by Gasteiger charge is -2.26. The van der Waals surface area contributed by atoms with Crippen molar-refractivity contribution in [1.29, 1.82) is 0 Å². The standard InChI is InChI=1S/C27H24ClNO6/c1-14-5-8-18(11-15(14)2)29-24(16-6-9-20(30)19(28)12-16)23(26(32)27(29)33)25(31)17-7-10-21(34-3)22(13-17)35-4/h5-13,24,30-31H,1-4H3/b25-23+. The van der Waals surface area contributed by atoms with Crippen LogP contribution in [0.2, 0.25) is 5.02 Å². The number of phenols is 1. The van der Waals surface area contributed by atoms with Gasteiger partial charge in [0.15, 0.2) is 11.5 Å². The maximum atomic E-state index is 13.3. The van der Waals surface area contributed by atoms with Crippen LogP contribution in [-0.4, -0.2) is 36.1 Å². The van der Waals surface area contributed by atoms with Gasteiger partial charge in [-0.1, -0.05) is 23.7 Å². The van der Waals surface area contributed by atoms with Gasteiger partial charge in [-0.05, 0) is 73.0 Å². The number of aromatic hydroxyl groups is 1. The average Bonchev–Trinajstić information content (AvgIpc) is 3.12. The lowest BCUT2D eigenvalue weighted by Crippen LogP contribution is -2.29. The van der Waals surface area contributed by atoms with Gasteiger partial charge >= 0.3 is 0 Å². The van der Waals surface area contributed by atoms with E-state index in [1.165, 1.54) is 37.3 Å². The number of carbonyl (C=O) groups excluding carboxylic acids is 2. The van der Waals surface area contributed by atoms with E-state index in [0.717, 1.165) is 11.1 Å². The fraction of sp³-hybridized carbons (Fsp3) is 0.185. The van der Waals surface area contributed by atoms with E-state index in [1.54, 1.807) is 24.3 Å². The molecule has 7 nitrogen and oxygen atoms in total. The number of Topliss-reactive ketones (excluding diaryl/α,β-unsaturated/α-hetero) is 1. The Morgan fingerprint density at radius 2 is 1.63 bits per heavy atom. The van der Waals surface area contributed by atoms with E-state index in [1.807, 2.05) is 26.0 Å². The zero-order chi connectivity index (χ0) is 25.4. The number of hydrogen-bond acceptors (Lipinski definition) is 6. The Bertz CT molecular complexity index is 1380. The van der Waals surface area contributed by atoms with Gasteiger partial charge in [0, 0.05) is 11.3 Å². The van der Waals surface area contributed by atoms with Crippen molar-refractivity contribution in [3.8, 4) is 17.2 Å². The number of aliphatic hydroxyl groups is 1. The Labute approximate surface area is 207 Å². The molecule has 8 heteroatoms. The molecule has 1 aliphatic rings. The maximum Gasteiger partial charge on any atom is 0.300 e. The Hall–Kier alpha value is -3.97. The second-order valence-corrected chi connectivity index (χ2v) is 8.63. The smallest absolute Gasteiger partial charge is 0.300 e. The summed E-state index contributed by atoms with van der Waals surface area (Å²) in [7, 11) is 2.94. The number of ether oxygens (including phenoxy) is 2. The number of aryl methyl sites for hydroxylation is 2. The van der Waals surface area contributed by atoms with Crippen molar-refractivity contribution in [2.24, 2.45) is 0 Å². The van der Waals surface area contributed by atoms with Crippen LogP contribution in [0.3, 0.4) is 0 Å². The third-order valence-electron chi connectivity index (χ3n) is 6.16. The van der Waals surface area contributed by atoms with Gasteiger partial charge in [0.2, 0.25) is 0 Å². The molecule has 0 saturated carbocycles. The molecule has 180 valence electrons. The summed E-state index contributed by atoms with van der Waals surface area (Å²) in [5, 5.41) is 21.3. The SMILES string of the molecule is COc1ccc(/C(O)=C2\C(=O)C(=O)N(c3ccc(C)c(C)c3)C2c2ccc(O)c(Cl)c2)cc1OC. The molecule has 0 aromatic heterocycles. The highest BCUT2D eigenvalue weighted by molar-refractivity contribution is 6.51. The first-order valence-corrected chi connectivity index (χ1v) is 11.1. The largest absolute Gasteiger partial charge is 0.507 e. The van der Waals surface area contributed by atoms with Gasteiger partial charge in [-0.2, -0.15) is 0 Å². The fourth-order valence-electron chi connectivity index (χ4n) is 4.12. The van der Waals surface area contributed by atoms with Crippen LogP contribution in [0, 0.1) is 13.8 Å². The number of rotatable bonds is 5. The molecule has 0 bridgehead atoms. The minimum Gasteiger partial charge on any atom is -0.507 e. The fourth-order valence-corrected chi connectivity index (χ4v) is 4.31. The van der Waals surface area contributed by atoms with Crippen molar-refractivity contribution in [2.75, 3.05) is 19.1 Å². The van der Waals surface area contributed by atoms with Crippen molar-refractivity contribution in [2.45, 2.75) is 19.9 Å². The quantitative estimate of drug-likeness (QED) is 0.284. The number of nitrogens with zero attached hydrogens (tertiary/aromatic N) is 1. The minimum atomic E-state index is -0.983. The summed E-state index contributed by atoms with van der Waals surface area (Å²) in [4.78, 5) is 28.0. The van der Waals surface area contributed by atoms with Crippen LogP contribution < -0.4 is 14.4 Å². The van der Waals surface area contributed by atoms with Crippen molar-refractivity contribution in [3.05, 3.63) is 87.4 Å². The van der Waals surface area contributed by atoms with E-state index in [-0.39, 0.29) is 27.7 Å². The number of carbonyl (C=O) groups is 2. The second-order valence-electron chi connectivity index (χ2n) is 8.22. The van der Waals surface area contributed by atoms with E-state index < -0.39 is 17.7 Å². The summed E-state index contributed by atoms with van der Waals surface area (Å²) in [6, 6.07) is 13.6. The Kier molecular flexibility index (Phi) is 6.45. The summed E-state index contributed by atoms with van der Waals surface area (Å²) >= 11 is 6.17. The number of aliphatic hydroxyl groups excluding tert-OH is 1. The molecule has 1 saturated heterocycles. The second kappa shape index (κ2) is 9.35. The Balaban J connectivity index is 1.97. The van der Waals surface area contributed by atoms with Gasteiger partial charge in [0.05, 0.1) is 30.9 Å². The van der Waals surface area contributed by atoms with E-state index in [9.17, 15) is 19.8 Å². The van der Waals surface area contributed by atoms with Gasteiger partial charge < -0.3 is 19.7 Å². The number of anilines is 1. The zero-order valence-electron chi connectivity index (χ0n) is 19.6. The molecule has 1 amide bonds. The van der Waals surface area contributed by atoms with E-state index in [0.29, 0.717) is 22.7 Å². The number of phenolic OH excluding ortho intramolecular Hbond substituents is 1. The van der Waals surface area contributed by atoms with Gasteiger partial charge in [0.25, 0.3) is 11.7 Å². The Morgan fingerprint density at radius 3 is 2.26 bits per heavy atom. The van der Waals surface area contributed by atoms with Crippen LogP contribution in [0.1, 0.15) is 28.3 Å². The minimum absolute atomic E-state index is 0.0549. The molecule has 0 aliphatic carbocycles. The number of ketones is 1. The van der Waals surface area contributed by atoms with Crippen LogP contribution in [0.15, 0.2) is 60.2 Å². The summed E-state index contributed by atoms with van der Waals surface area (Å²) < 4.78 is 10.6. The number of benzene rings is 3. The molecule has 1 unspecified atom stereocenters. The summed E-state index contributed by atoms with van der Waals surface area (Å²) in [6.45, 7) is 3.85. The first-order valence-electron chi connectivity index (χ1n) is 10.8. The van der Waals surface area contributed by atoms with Crippen LogP contribution >= 0.6 is 11.6 Å². The van der Waals surface area contributed by atoms with Gasteiger partial charge in [-0.15, -0.1) is 0 Å². The van der Waals surface area contributed by atoms with Crippen molar-refractivity contribution < 1.29 is 29.3 Å². The third-order valence-corrected chi connectivity index (χ3v) is 6.46. The number of methoxy groups -OCH3 is 2. The molecule has 3 aromatic rings. The normalized spacial score (nSPS) is 17.1. The van der Waals surface area contributed by atoms with Crippen molar-refractivity contribution in [1.82, 2.24) is 0 Å². The number of amides is 1. The van der Waals surface area contributed by atoms with Crippen molar-refractivity contribution in [3.63, 3.8) is 0 Å². The predicted molar refractivity (Wildman–Crippen MR) is 133 cm³/mol. The average molecular weight is 494 g/mol. The van der Waals surface area contributed by atoms with E-state index >= 15 is 0 Å². The van der Waals surface area contributed by atoms with Crippen LogP contribution in [0.4, 0.5) is 5.69 Å². The van der Waals surface area contributed by atoms with Crippen LogP contribution in [0.25, 0.3) is 5.76 Å². The van der Waals surface area contributed by atoms with Crippen molar-refractivity contribution >= 4 is 34.7 Å². The van der Waals surface area contributed by atoms with Gasteiger partial charge in [-0.25, -0.2) is 0 Å². The van der Waals surface area contributed by atoms with Crippen LogP contribution in [0.5, 0.6) is 17.2 Å². The highest BCUT2D eigenvalue weighted by Crippen LogP contribution is 2.44. The molecule has 0 radical (unpaired) electrons. The van der Waals surface area contributed by atoms with Gasteiger partial charge in [0.1, 0.15) is 11.5 Å². The lowest BCUT2D eigenvalue weighted by molar-refractivity contribution is -0.132. The molecule has 4 rings (SSSR count). The highest BCUT2D eigenvalue weighted by Gasteiger charge is 2.47. The number of hydrogen-bond donors (Lipinski definition) is 2. The molecule has 1 fully saturated rings. The monoisotopic (exact) mass is 493 g/mol.